The normalized spacial score (nSPS) is 14.0. The average molecular weight is 214 g/mol. The monoisotopic (exact) mass is 214 g/mol. The van der Waals surface area contributed by atoms with Gasteiger partial charge >= 0.3 is 5.97 Å². The second-order valence-corrected chi connectivity index (χ2v) is 5.00. The number of aliphatic carboxylic acids is 1. The van der Waals surface area contributed by atoms with Gasteiger partial charge in [0.2, 0.25) is 0 Å². The Kier molecular flexibility index (Phi) is 2.92. The summed E-state index contributed by atoms with van der Waals surface area (Å²) in [5, 5.41) is 11.3. The van der Waals surface area contributed by atoms with Gasteiger partial charge in [-0.1, -0.05) is 20.8 Å². The van der Waals surface area contributed by atoms with Crippen molar-refractivity contribution >= 4 is 17.3 Å². The lowest BCUT2D eigenvalue weighted by molar-refractivity contribution is -0.138. The Bertz CT molecular complexity index is 341. The maximum atomic E-state index is 10.6. The molecule has 0 aromatic carbocycles. The number of nitrogens with zero attached hydrogens (tertiary/aromatic N) is 1. The molecule has 0 radical (unpaired) electrons. The van der Waals surface area contributed by atoms with E-state index in [-0.39, 0.29) is 5.41 Å². The highest BCUT2D eigenvalue weighted by molar-refractivity contribution is 7.09. The number of hydrogen-bond donors (Lipinski definition) is 2. The first-order chi connectivity index (χ1) is 6.32. The van der Waals surface area contributed by atoms with E-state index < -0.39 is 12.0 Å². The molecule has 0 aliphatic heterocycles. The lowest BCUT2D eigenvalue weighted by Crippen LogP contribution is -2.21. The minimum absolute atomic E-state index is 0.0544. The quantitative estimate of drug-likeness (QED) is 0.782. The third kappa shape index (κ3) is 2.30. The molecule has 0 saturated heterocycles. The van der Waals surface area contributed by atoms with E-state index in [1.165, 1.54) is 11.3 Å². The number of thiazole rings is 1. The lowest BCUT2D eigenvalue weighted by Gasteiger charge is -2.13. The predicted molar refractivity (Wildman–Crippen MR) is 55.4 cm³/mol. The third-order valence-electron chi connectivity index (χ3n) is 1.75. The summed E-state index contributed by atoms with van der Waals surface area (Å²) in [7, 11) is 0. The summed E-state index contributed by atoms with van der Waals surface area (Å²) in [4.78, 5) is 14.8. The molecule has 5 heteroatoms. The zero-order valence-corrected chi connectivity index (χ0v) is 9.26. The summed E-state index contributed by atoms with van der Waals surface area (Å²) in [6, 6.07) is -1.01. The molecule has 1 rings (SSSR count). The molecule has 0 fully saturated rings. The van der Waals surface area contributed by atoms with Crippen molar-refractivity contribution in [3.05, 3.63) is 16.1 Å². The SMILES string of the molecule is CC(C)(C)c1nc(C(N)C(=O)O)cs1. The van der Waals surface area contributed by atoms with Gasteiger partial charge < -0.3 is 10.8 Å². The Morgan fingerprint density at radius 1 is 1.64 bits per heavy atom. The number of aromatic nitrogens is 1. The molecular weight excluding hydrogens is 200 g/mol. The fourth-order valence-electron chi connectivity index (χ4n) is 0.900. The molecule has 0 saturated carbocycles. The maximum Gasteiger partial charge on any atom is 0.326 e. The number of rotatable bonds is 2. The van der Waals surface area contributed by atoms with Gasteiger partial charge in [0.1, 0.15) is 6.04 Å². The molecule has 4 nitrogen and oxygen atoms in total. The van der Waals surface area contributed by atoms with Crippen LogP contribution in [0.2, 0.25) is 0 Å². The van der Waals surface area contributed by atoms with Gasteiger partial charge in [-0.25, -0.2) is 4.98 Å². The molecule has 1 aromatic rings. The standard InChI is InChI=1S/C9H14N2O2S/c1-9(2,3)8-11-5(4-14-8)6(10)7(12)13/h4,6H,10H2,1-3H3,(H,12,13). The Morgan fingerprint density at radius 3 is 2.57 bits per heavy atom. The highest BCUT2D eigenvalue weighted by Crippen LogP contribution is 2.27. The third-order valence-corrected chi connectivity index (χ3v) is 3.03. The molecule has 1 aromatic heterocycles. The Labute approximate surface area is 86.8 Å². The predicted octanol–water partition coefficient (Wildman–Crippen LogP) is 1.53. The van der Waals surface area contributed by atoms with E-state index in [1.54, 1.807) is 5.38 Å². The summed E-state index contributed by atoms with van der Waals surface area (Å²) in [6.07, 6.45) is 0. The minimum Gasteiger partial charge on any atom is -0.480 e. The van der Waals surface area contributed by atoms with Crippen LogP contribution in [0, 0.1) is 0 Å². The fraction of sp³-hybridized carbons (Fsp3) is 0.556. The van der Waals surface area contributed by atoms with Crippen LogP contribution < -0.4 is 5.73 Å². The van der Waals surface area contributed by atoms with E-state index in [1.807, 2.05) is 20.8 Å². The van der Waals surface area contributed by atoms with E-state index in [2.05, 4.69) is 4.98 Å². The highest BCUT2D eigenvalue weighted by atomic mass is 32.1. The van der Waals surface area contributed by atoms with E-state index >= 15 is 0 Å². The van der Waals surface area contributed by atoms with Crippen LogP contribution in [0.5, 0.6) is 0 Å². The van der Waals surface area contributed by atoms with Gasteiger partial charge in [-0.3, -0.25) is 4.79 Å². The van der Waals surface area contributed by atoms with Crippen molar-refractivity contribution in [2.75, 3.05) is 0 Å². The molecule has 78 valence electrons. The lowest BCUT2D eigenvalue weighted by atomic mass is 9.98. The number of nitrogens with two attached hydrogens (primary N) is 1. The van der Waals surface area contributed by atoms with Crippen molar-refractivity contribution in [1.82, 2.24) is 4.98 Å². The van der Waals surface area contributed by atoms with Gasteiger partial charge in [-0.05, 0) is 0 Å². The zero-order chi connectivity index (χ0) is 10.9. The second kappa shape index (κ2) is 3.67. The van der Waals surface area contributed by atoms with Crippen LogP contribution >= 0.6 is 11.3 Å². The van der Waals surface area contributed by atoms with Gasteiger partial charge in [0.25, 0.3) is 0 Å². The molecule has 14 heavy (non-hydrogen) atoms. The van der Waals surface area contributed by atoms with Crippen LogP contribution in [0.15, 0.2) is 5.38 Å². The Morgan fingerprint density at radius 2 is 2.21 bits per heavy atom. The van der Waals surface area contributed by atoms with Crippen molar-refractivity contribution in [2.45, 2.75) is 32.2 Å². The van der Waals surface area contributed by atoms with Gasteiger partial charge in [0, 0.05) is 10.8 Å². The summed E-state index contributed by atoms with van der Waals surface area (Å²) in [5.74, 6) is -1.05. The van der Waals surface area contributed by atoms with Crippen molar-refractivity contribution in [3.63, 3.8) is 0 Å². The summed E-state index contributed by atoms with van der Waals surface area (Å²) in [5.41, 5.74) is 5.82. The molecular formula is C9H14N2O2S. The summed E-state index contributed by atoms with van der Waals surface area (Å²) >= 11 is 1.45. The first-order valence-electron chi connectivity index (χ1n) is 4.26. The molecule has 3 N–H and O–H groups in total. The highest BCUT2D eigenvalue weighted by Gasteiger charge is 2.22. The average Bonchev–Trinajstić information content (AvgIpc) is 2.49. The number of hydrogen-bond acceptors (Lipinski definition) is 4. The maximum absolute atomic E-state index is 10.6. The van der Waals surface area contributed by atoms with E-state index in [0.717, 1.165) is 5.01 Å². The molecule has 1 unspecified atom stereocenters. The molecule has 1 heterocycles. The van der Waals surface area contributed by atoms with Gasteiger partial charge in [-0.15, -0.1) is 11.3 Å². The van der Waals surface area contributed by atoms with Crippen molar-refractivity contribution < 1.29 is 9.90 Å². The van der Waals surface area contributed by atoms with Gasteiger partial charge in [0.05, 0.1) is 10.7 Å². The van der Waals surface area contributed by atoms with Crippen LogP contribution in [0.4, 0.5) is 0 Å². The minimum atomic E-state index is -1.05. The molecule has 0 bridgehead atoms. The van der Waals surface area contributed by atoms with Crippen molar-refractivity contribution in [3.8, 4) is 0 Å². The van der Waals surface area contributed by atoms with Gasteiger partial charge in [0.15, 0.2) is 0 Å². The van der Waals surface area contributed by atoms with Crippen LogP contribution in [-0.4, -0.2) is 16.1 Å². The first kappa shape index (κ1) is 11.1. The van der Waals surface area contributed by atoms with E-state index in [9.17, 15) is 4.79 Å². The fourth-order valence-corrected chi connectivity index (χ4v) is 1.84. The van der Waals surface area contributed by atoms with Crippen molar-refractivity contribution in [1.29, 1.82) is 0 Å². The van der Waals surface area contributed by atoms with Crippen LogP contribution in [0.3, 0.4) is 0 Å². The van der Waals surface area contributed by atoms with Crippen LogP contribution in [-0.2, 0) is 10.2 Å². The van der Waals surface area contributed by atoms with E-state index in [4.69, 9.17) is 10.8 Å². The molecule has 0 aliphatic carbocycles. The number of carboxylic acids is 1. The Balaban J connectivity index is 2.94. The number of carbonyl (C=O) groups is 1. The molecule has 0 aliphatic rings. The Hall–Kier alpha value is -0.940. The molecule has 1 atom stereocenters. The summed E-state index contributed by atoms with van der Waals surface area (Å²) in [6.45, 7) is 6.09. The molecule has 0 spiro atoms. The van der Waals surface area contributed by atoms with Crippen LogP contribution in [0.1, 0.15) is 37.5 Å². The zero-order valence-electron chi connectivity index (χ0n) is 8.44. The van der Waals surface area contributed by atoms with E-state index in [0.29, 0.717) is 5.69 Å². The summed E-state index contributed by atoms with van der Waals surface area (Å²) < 4.78 is 0. The second-order valence-electron chi connectivity index (χ2n) is 4.14. The first-order valence-corrected chi connectivity index (χ1v) is 5.14. The smallest absolute Gasteiger partial charge is 0.326 e. The van der Waals surface area contributed by atoms with Crippen LogP contribution in [0.25, 0.3) is 0 Å². The van der Waals surface area contributed by atoms with Gasteiger partial charge in [-0.2, -0.15) is 0 Å². The molecule has 0 amide bonds. The number of carboxylic acid groups (broad SMARTS) is 1. The largest absolute Gasteiger partial charge is 0.480 e. The topological polar surface area (TPSA) is 76.2 Å². The van der Waals surface area contributed by atoms with Crippen molar-refractivity contribution in [2.24, 2.45) is 5.73 Å².